The third-order valence-corrected chi connectivity index (χ3v) is 5.20. The van der Waals surface area contributed by atoms with E-state index in [9.17, 15) is 0 Å². The van der Waals surface area contributed by atoms with Gasteiger partial charge in [-0.2, -0.15) is 15.0 Å². The second kappa shape index (κ2) is 9.07. The average molecular weight is 410 g/mol. The third-order valence-electron chi connectivity index (χ3n) is 4.94. The third kappa shape index (κ3) is 5.34. The average Bonchev–Trinajstić information content (AvgIpc) is 2.75. The quantitative estimate of drug-likeness (QED) is 0.646. The number of rotatable bonds is 6. The lowest BCUT2D eigenvalue weighted by molar-refractivity contribution is 0.259. The molecular weight excluding hydrogens is 386 g/mol. The summed E-state index contributed by atoms with van der Waals surface area (Å²) in [5.41, 5.74) is 8.02. The number of benzene rings is 2. The number of para-hydroxylation sites is 1. The van der Waals surface area contributed by atoms with Crippen LogP contribution in [0.2, 0.25) is 5.02 Å². The number of hydrogen-bond donors (Lipinski definition) is 2. The Hall–Kier alpha value is -2.90. The fraction of sp³-hybridized carbons (Fsp3) is 0.286. The fourth-order valence-corrected chi connectivity index (χ4v) is 3.52. The monoisotopic (exact) mass is 409 g/mol. The number of anilines is 4. The lowest BCUT2D eigenvalue weighted by atomic mass is 10.2. The molecule has 0 saturated carbocycles. The summed E-state index contributed by atoms with van der Waals surface area (Å²) in [6.45, 7) is 4.97. The minimum Gasteiger partial charge on any atom is -0.369 e. The van der Waals surface area contributed by atoms with Crippen LogP contribution >= 0.6 is 11.6 Å². The van der Waals surface area contributed by atoms with Gasteiger partial charge in [-0.3, -0.25) is 4.90 Å². The van der Waals surface area contributed by atoms with Crippen LogP contribution in [0.15, 0.2) is 54.6 Å². The minimum absolute atomic E-state index is 0.223. The lowest BCUT2D eigenvalue weighted by Crippen LogP contribution is -2.47. The molecule has 2 heterocycles. The van der Waals surface area contributed by atoms with E-state index in [2.05, 4.69) is 60.4 Å². The van der Waals surface area contributed by atoms with Gasteiger partial charge in [0, 0.05) is 55.5 Å². The molecule has 0 unspecified atom stereocenters. The van der Waals surface area contributed by atoms with Gasteiger partial charge in [0.2, 0.25) is 11.9 Å². The highest BCUT2D eigenvalue weighted by molar-refractivity contribution is 6.30. The zero-order chi connectivity index (χ0) is 20.1. The number of nitrogens with two attached hydrogens (primary N) is 1. The Labute approximate surface area is 175 Å². The van der Waals surface area contributed by atoms with E-state index in [1.807, 2.05) is 24.3 Å². The summed E-state index contributed by atoms with van der Waals surface area (Å²) >= 11 is 5.93. The summed E-state index contributed by atoms with van der Waals surface area (Å²) in [7, 11) is 0. The SMILES string of the molecule is Nc1nc(CCN2CCN(c3ccccc3)CC2)nc(Nc2ccc(Cl)cc2)n1. The highest BCUT2D eigenvalue weighted by atomic mass is 35.5. The van der Waals surface area contributed by atoms with Crippen LogP contribution in [0.4, 0.5) is 23.3 Å². The van der Waals surface area contributed by atoms with Crippen molar-refractivity contribution in [3.8, 4) is 0 Å². The number of nitrogens with zero attached hydrogens (tertiary/aromatic N) is 5. The summed E-state index contributed by atoms with van der Waals surface area (Å²) in [6, 6.07) is 17.9. The molecule has 8 heteroatoms. The van der Waals surface area contributed by atoms with Gasteiger partial charge in [-0.25, -0.2) is 0 Å². The first-order chi connectivity index (χ1) is 14.2. The second-order valence-corrected chi connectivity index (χ2v) is 7.42. The molecule has 29 heavy (non-hydrogen) atoms. The van der Waals surface area contributed by atoms with Crippen LogP contribution in [0.3, 0.4) is 0 Å². The maximum Gasteiger partial charge on any atom is 0.232 e. The second-order valence-electron chi connectivity index (χ2n) is 6.98. The number of aromatic nitrogens is 3. The maximum atomic E-state index is 5.93. The van der Waals surface area contributed by atoms with Gasteiger partial charge in [0.05, 0.1) is 0 Å². The number of piperazine rings is 1. The van der Waals surface area contributed by atoms with Gasteiger partial charge in [-0.1, -0.05) is 29.8 Å². The molecule has 0 amide bonds. The molecule has 4 rings (SSSR count). The van der Waals surface area contributed by atoms with E-state index in [1.165, 1.54) is 5.69 Å². The number of nitrogen functional groups attached to an aromatic ring is 1. The van der Waals surface area contributed by atoms with Gasteiger partial charge in [-0.05, 0) is 36.4 Å². The Morgan fingerprint density at radius 1 is 0.897 bits per heavy atom. The van der Waals surface area contributed by atoms with E-state index < -0.39 is 0 Å². The Kier molecular flexibility index (Phi) is 6.07. The number of hydrogen-bond acceptors (Lipinski definition) is 7. The van der Waals surface area contributed by atoms with Gasteiger partial charge < -0.3 is 16.0 Å². The van der Waals surface area contributed by atoms with Crippen LogP contribution in [0.5, 0.6) is 0 Å². The predicted molar refractivity (Wildman–Crippen MR) is 118 cm³/mol. The van der Waals surface area contributed by atoms with Gasteiger partial charge in [-0.15, -0.1) is 0 Å². The van der Waals surface area contributed by atoms with Crippen molar-refractivity contribution in [2.24, 2.45) is 0 Å². The molecule has 0 atom stereocenters. The highest BCUT2D eigenvalue weighted by Gasteiger charge is 2.17. The largest absolute Gasteiger partial charge is 0.369 e. The standard InChI is InChI=1S/C21H24ClN7/c22-16-6-8-17(9-7-16)24-21-26-19(25-20(23)27-21)10-11-28-12-14-29(15-13-28)18-4-2-1-3-5-18/h1-9H,10-15H2,(H3,23,24,25,26,27). The predicted octanol–water partition coefficient (Wildman–Crippen LogP) is 3.22. The van der Waals surface area contributed by atoms with Gasteiger partial charge >= 0.3 is 0 Å². The van der Waals surface area contributed by atoms with E-state index >= 15 is 0 Å². The Balaban J connectivity index is 1.32. The lowest BCUT2D eigenvalue weighted by Gasteiger charge is -2.36. The molecule has 0 aliphatic carbocycles. The minimum atomic E-state index is 0.223. The Morgan fingerprint density at radius 3 is 2.34 bits per heavy atom. The molecule has 2 aromatic carbocycles. The van der Waals surface area contributed by atoms with Crippen LogP contribution in [-0.4, -0.2) is 52.6 Å². The number of nitrogens with one attached hydrogen (secondary N) is 1. The first-order valence-corrected chi connectivity index (χ1v) is 10.1. The van der Waals surface area contributed by atoms with E-state index in [-0.39, 0.29) is 5.95 Å². The molecule has 1 aromatic heterocycles. The van der Waals surface area contributed by atoms with Crippen molar-refractivity contribution in [1.82, 2.24) is 19.9 Å². The van der Waals surface area contributed by atoms with Crippen LogP contribution in [0.25, 0.3) is 0 Å². The summed E-state index contributed by atoms with van der Waals surface area (Å²) in [6.07, 6.45) is 0.730. The van der Waals surface area contributed by atoms with Gasteiger partial charge in [0.1, 0.15) is 5.82 Å². The zero-order valence-electron chi connectivity index (χ0n) is 16.1. The first-order valence-electron chi connectivity index (χ1n) is 9.71. The molecule has 0 bridgehead atoms. The van der Waals surface area contributed by atoms with Crippen LogP contribution in [0.1, 0.15) is 5.82 Å². The Morgan fingerprint density at radius 2 is 1.62 bits per heavy atom. The van der Waals surface area contributed by atoms with E-state index in [0.717, 1.165) is 44.8 Å². The maximum absolute atomic E-state index is 5.93. The summed E-state index contributed by atoms with van der Waals surface area (Å²) in [4.78, 5) is 17.8. The van der Waals surface area contributed by atoms with Crippen molar-refractivity contribution in [2.45, 2.75) is 6.42 Å². The first kappa shape index (κ1) is 19.4. The summed E-state index contributed by atoms with van der Waals surface area (Å²) in [5, 5.41) is 3.83. The molecular formula is C21H24ClN7. The molecule has 1 saturated heterocycles. The van der Waals surface area contributed by atoms with Crippen molar-refractivity contribution in [3.63, 3.8) is 0 Å². The summed E-state index contributed by atoms with van der Waals surface area (Å²) in [5.74, 6) is 1.36. The smallest absolute Gasteiger partial charge is 0.232 e. The van der Waals surface area contributed by atoms with E-state index in [0.29, 0.717) is 16.8 Å². The molecule has 1 fully saturated rings. The molecule has 150 valence electrons. The molecule has 7 nitrogen and oxygen atoms in total. The van der Waals surface area contributed by atoms with Crippen LogP contribution in [0, 0.1) is 0 Å². The van der Waals surface area contributed by atoms with Crippen LogP contribution in [-0.2, 0) is 6.42 Å². The Bertz CT molecular complexity index is 926. The molecule has 0 radical (unpaired) electrons. The fourth-order valence-electron chi connectivity index (χ4n) is 3.39. The van der Waals surface area contributed by atoms with Crippen molar-refractivity contribution < 1.29 is 0 Å². The van der Waals surface area contributed by atoms with Crippen molar-refractivity contribution in [3.05, 3.63) is 65.4 Å². The van der Waals surface area contributed by atoms with Crippen molar-refractivity contribution in [2.75, 3.05) is 48.7 Å². The summed E-state index contributed by atoms with van der Waals surface area (Å²) < 4.78 is 0. The van der Waals surface area contributed by atoms with Crippen LogP contribution < -0.4 is 16.0 Å². The molecule has 3 N–H and O–H groups in total. The molecule has 1 aliphatic rings. The molecule has 0 spiro atoms. The van der Waals surface area contributed by atoms with E-state index in [4.69, 9.17) is 17.3 Å². The normalized spacial score (nSPS) is 14.7. The van der Waals surface area contributed by atoms with Gasteiger partial charge in [0.25, 0.3) is 0 Å². The van der Waals surface area contributed by atoms with E-state index in [1.54, 1.807) is 0 Å². The zero-order valence-corrected chi connectivity index (χ0v) is 16.9. The number of halogens is 1. The van der Waals surface area contributed by atoms with Crippen molar-refractivity contribution in [1.29, 1.82) is 0 Å². The molecule has 3 aromatic rings. The van der Waals surface area contributed by atoms with Gasteiger partial charge in [0.15, 0.2) is 0 Å². The highest BCUT2D eigenvalue weighted by Crippen LogP contribution is 2.18. The molecule has 1 aliphatic heterocycles. The van der Waals surface area contributed by atoms with Crippen molar-refractivity contribution >= 4 is 34.9 Å². The topological polar surface area (TPSA) is 83.2 Å².